The summed E-state index contributed by atoms with van der Waals surface area (Å²) in [5.74, 6) is -0.0589. The molecule has 0 aliphatic rings. The van der Waals surface area contributed by atoms with Crippen LogP contribution in [0.1, 0.15) is 74.1 Å². The van der Waals surface area contributed by atoms with E-state index in [-0.39, 0.29) is 5.92 Å². The highest BCUT2D eigenvalue weighted by molar-refractivity contribution is 6.32. The van der Waals surface area contributed by atoms with Gasteiger partial charge in [-0.3, -0.25) is 4.99 Å². The number of alkyl halides is 1. The van der Waals surface area contributed by atoms with Gasteiger partial charge in [0, 0.05) is 42.5 Å². The Morgan fingerprint density at radius 3 is 2.45 bits per heavy atom. The molecule has 1 unspecified atom stereocenters. The van der Waals surface area contributed by atoms with Gasteiger partial charge in [0.1, 0.15) is 5.67 Å². The zero-order valence-electron chi connectivity index (χ0n) is 21.6. The fourth-order valence-corrected chi connectivity index (χ4v) is 2.97. The van der Waals surface area contributed by atoms with E-state index in [2.05, 4.69) is 49.8 Å². The molecule has 2 N–H and O–H groups in total. The van der Waals surface area contributed by atoms with Crippen molar-refractivity contribution in [3.05, 3.63) is 70.2 Å². The van der Waals surface area contributed by atoms with E-state index in [1.807, 2.05) is 26.1 Å². The van der Waals surface area contributed by atoms with Gasteiger partial charge in [0.05, 0.1) is 6.26 Å². The third kappa shape index (κ3) is 12.7. The first-order valence-corrected chi connectivity index (χ1v) is 12.2. The molecule has 0 aliphatic carbocycles. The smallest absolute Gasteiger partial charge is 0.112 e. The van der Waals surface area contributed by atoms with Crippen molar-refractivity contribution in [1.82, 2.24) is 5.32 Å². The maximum atomic E-state index is 14.5. The predicted octanol–water partition coefficient (Wildman–Crippen LogP) is 8.53. The fourth-order valence-electron chi connectivity index (χ4n) is 2.81. The molecule has 0 aromatic rings. The van der Waals surface area contributed by atoms with E-state index >= 15 is 0 Å². The molecule has 0 aromatic carbocycles. The van der Waals surface area contributed by atoms with Gasteiger partial charge in [-0.2, -0.15) is 0 Å². The van der Waals surface area contributed by atoms with Crippen molar-refractivity contribution in [3.8, 4) is 0 Å². The summed E-state index contributed by atoms with van der Waals surface area (Å²) < 4.78 is 14.5. The first-order chi connectivity index (χ1) is 15.5. The number of nitrogens with zero attached hydrogens (tertiary/aromatic N) is 1. The van der Waals surface area contributed by atoms with Crippen LogP contribution >= 0.6 is 11.6 Å². The maximum absolute atomic E-state index is 14.5. The third-order valence-corrected chi connectivity index (χ3v) is 5.88. The van der Waals surface area contributed by atoms with Gasteiger partial charge in [-0.05, 0) is 62.3 Å². The highest BCUT2D eigenvalue weighted by atomic mass is 35.5. The number of aliphatic hydroxyl groups excluding tert-OH is 1. The summed E-state index contributed by atoms with van der Waals surface area (Å²) in [5.41, 5.74) is 3.46. The van der Waals surface area contributed by atoms with Gasteiger partial charge < -0.3 is 10.4 Å². The van der Waals surface area contributed by atoms with Crippen molar-refractivity contribution in [3.63, 3.8) is 0 Å². The first kappa shape index (κ1) is 30.9. The van der Waals surface area contributed by atoms with Crippen LogP contribution in [-0.2, 0) is 0 Å². The summed E-state index contributed by atoms with van der Waals surface area (Å²) in [6.45, 7) is 18.4. The Balaban J connectivity index is 5.62. The molecule has 3 nitrogen and oxygen atoms in total. The summed E-state index contributed by atoms with van der Waals surface area (Å²) in [6.07, 6.45) is 14.1. The number of rotatable bonds is 15. The highest BCUT2D eigenvalue weighted by Gasteiger charge is 2.26. The van der Waals surface area contributed by atoms with Gasteiger partial charge >= 0.3 is 0 Å². The van der Waals surface area contributed by atoms with Crippen LogP contribution in [0.15, 0.2) is 75.2 Å². The van der Waals surface area contributed by atoms with E-state index in [0.717, 1.165) is 42.2 Å². The summed E-state index contributed by atoms with van der Waals surface area (Å²) in [7, 11) is 0. The van der Waals surface area contributed by atoms with Gasteiger partial charge in [-0.1, -0.05) is 70.0 Å². The van der Waals surface area contributed by atoms with Gasteiger partial charge in [0.2, 0.25) is 0 Å². The van der Waals surface area contributed by atoms with Crippen molar-refractivity contribution in [2.75, 3.05) is 13.1 Å². The van der Waals surface area contributed by atoms with Crippen LogP contribution < -0.4 is 5.32 Å². The van der Waals surface area contributed by atoms with Gasteiger partial charge in [0.15, 0.2) is 0 Å². The van der Waals surface area contributed by atoms with E-state index in [9.17, 15) is 9.50 Å². The third-order valence-electron chi connectivity index (χ3n) is 5.67. The quantitative estimate of drug-likeness (QED) is 0.141. The average Bonchev–Trinajstić information content (AvgIpc) is 2.76. The molecule has 0 amide bonds. The Morgan fingerprint density at radius 1 is 1.27 bits per heavy atom. The maximum Gasteiger partial charge on any atom is 0.112 e. The van der Waals surface area contributed by atoms with Crippen LogP contribution in [0.3, 0.4) is 0 Å². The van der Waals surface area contributed by atoms with E-state index in [1.54, 1.807) is 20.1 Å². The number of halogens is 2. The second kappa shape index (κ2) is 16.5. The molecule has 1 atom stereocenters. The molecular formula is C28H44ClFN2O. The van der Waals surface area contributed by atoms with E-state index in [1.165, 1.54) is 5.57 Å². The number of unbranched alkanes of at least 4 members (excludes halogenated alkanes) is 1. The predicted molar refractivity (Wildman–Crippen MR) is 145 cm³/mol. The number of aliphatic imine (C=N–C) groups is 1. The van der Waals surface area contributed by atoms with Crippen LogP contribution in [0.5, 0.6) is 0 Å². The van der Waals surface area contributed by atoms with Crippen molar-refractivity contribution in [1.29, 1.82) is 0 Å². The summed E-state index contributed by atoms with van der Waals surface area (Å²) in [4.78, 5) is 4.42. The second-order valence-corrected chi connectivity index (χ2v) is 9.35. The molecule has 0 bridgehead atoms. The van der Waals surface area contributed by atoms with Gasteiger partial charge in [-0.25, -0.2) is 4.39 Å². The number of nitrogens with one attached hydrogen (secondary N) is 1. The van der Waals surface area contributed by atoms with Crippen LogP contribution in [0, 0.1) is 5.92 Å². The molecular weight excluding hydrogens is 435 g/mol. The molecule has 0 heterocycles. The minimum Gasteiger partial charge on any atom is -0.515 e. The standard InChI is InChI=1S/C28H44ClFN2O/c1-9-11-12-13-26(23(6)10-2)27(24(7)29)19-32-18-25(16-22(5)20-33)17-31-15-14-28(8,30)21(3)4/h12-13,16-17,19-21,32-33H,7,9-11,14-15,18H2,1-6,8H3/b13-12-,22-20+,25-16+,26-23+,27-19-,31-17-. The van der Waals surface area contributed by atoms with Crippen LogP contribution in [0.25, 0.3) is 0 Å². The summed E-state index contributed by atoms with van der Waals surface area (Å²) in [6, 6.07) is 0. The molecule has 186 valence electrons. The molecule has 0 radical (unpaired) electrons. The molecule has 0 rings (SSSR count). The Labute approximate surface area is 206 Å². The van der Waals surface area contributed by atoms with Gasteiger partial charge in [0.25, 0.3) is 0 Å². The molecule has 0 fully saturated rings. The number of hydrogen-bond donors (Lipinski definition) is 2. The largest absolute Gasteiger partial charge is 0.515 e. The zero-order chi connectivity index (χ0) is 25.4. The minimum atomic E-state index is -1.25. The van der Waals surface area contributed by atoms with Gasteiger partial charge in [-0.15, -0.1) is 0 Å². The van der Waals surface area contributed by atoms with Crippen LogP contribution in [0.4, 0.5) is 4.39 Å². The molecule has 0 aromatic heterocycles. The highest BCUT2D eigenvalue weighted by Crippen LogP contribution is 2.27. The lowest BCUT2D eigenvalue weighted by Gasteiger charge is -2.23. The molecule has 5 heteroatoms. The fraction of sp³-hybridized carbons (Fsp3) is 0.536. The summed E-state index contributed by atoms with van der Waals surface area (Å²) >= 11 is 6.36. The minimum absolute atomic E-state index is 0.0589. The first-order valence-electron chi connectivity index (χ1n) is 11.8. The van der Waals surface area contributed by atoms with Crippen molar-refractivity contribution in [2.24, 2.45) is 10.9 Å². The number of aliphatic hydroxyl groups is 1. The zero-order valence-corrected chi connectivity index (χ0v) is 22.4. The number of allylic oxidation sites excluding steroid dienone is 8. The molecule has 0 spiro atoms. The topological polar surface area (TPSA) is 44.6 Å². The lowest BCUT2D eigenvalue weighted by molar-refractivity contribution is 0.115. The Bertz CT molecular complexity index is 799. The van der Waals surface area contributed by atoms with Crippen molar-refractivity contribution in [2.45, 2.75) is 79.8 Å². The Hall–Kier alpha value is -2.07. The molecule has 0 aliphatic heterocycles. The van der Waals surface area contributed by atoms with E-state index in [4.69, 9.17) is 11.6 Å². The van der Waals surface area contributed by atoms with Crippen LogP contribution in [-0.4, -0.2) is 30.1 Å². The second-order valence-electron chi connectivity index (χ2n) is 8.89. The van der Waals surface area contributed by atoms with E-state index < -0.39 is 5.67 Å². The lowest BCUT2D eigenvalue weighted by atomic mass is 9.91. The van der Waals surface area contributed by atoms with Crippen molar-refractivity contribution < 1.29 is 9.50 Å². The lowest BCUT2D eigenvalue weighted by Crippen LogP contribution is -2.26. The normalized spacial score (nSPS) is 16.5. The van der Waals surface area contributed by atoms with E-state index in [0.29, 0.717) is 30.1 Å². The Morgan fingerprint density at radius 2 is 1.94 bits per heavy atom. The number of hydrogen-bond acceptors (Lipinski definition) is 3. The van der Waals surface area contributed by atoms with Crippen LogP contribution in [0.2, 0.25) is 0 Å². The average molecular weight is 479 g/mol. The monoisotopic (exact) mass is 478 g/mol. The van der Waals surface area contributed by atoms with Crippen molar-refractivity contribution >= 4 is 17.8 Å². The molecule has 0 saturated heterocycles. The SMILES string of the molecule is C=C(Cl)C(=C/NCC(/C=N\CCC(C)(F)C(C)C)=C/C(C)=C/O)/C(/C=C\CCC)=C(\C)CC. The summed E-state index contributed by atoms with van der Waals surface area (Å²) in [5, 5.41) is 13.1. The molecule has 33 heavy (non-hydrogen) atoms. The molecule has 0 saturated carbocycles. The Kier molecular flexibility index (Phi) is 15.5.